The molecule has 0 saturated carbocycles. The molecular formula is C18H27NO3. The number of carboxylic acid groups (broad SMARTS) is 1. The number of hydrogen-bond donors (Lipinski definition) is 1. The maximum absolute atomic E-state index is 11.3. The van der Waals surface area contributed by atoms with E-state index in [9.17, 15) is 9.90 Å². The highest BCUT2D eigenvalue weighted by molar-refractivity contribution is 5.70. The van der Waals surface area contributed by atoms with Gasteiger partial charge in [-0.2, -0.15) is 0 Å². The lowest BCUT2D eigenvalue weighted by atomic mass is 9.92. The molecule has 1 aromatic carbocycles. The molecule has 2 rings (SSSR count). The van der Waals surface area contributed by atoms with Gasteiger partial charge >= 0.3 is 5.97 Å². The number of aliphatic carboxylic acids is 1. The van der Waals surface area contributed by atoms with Crippen LogP contribution in [0.4, 0.5) is 0 Å². The van der Waals surface area contributed by atoms with Gasteiger partial charge in [0, 0.05) is 12.6 Å². The van der Waals surface area contributed by atoms with Crippen LogP contribution in [-0.2, 0) is 4.79 Å². The summed E-state index contributed by atoms with van der Waals surface area (Å²) in [7, 11) is 1.68. The third-order valence-corrected chi connectivity index (χ3v) is 4.55. The van der Waals surface area contributed by atoms with Gasteiger partial charge in [0.2, 0.25) is 0 Å². The molecule has 0 aromatic heterocycles. The van der Waals surface area contributed by atoms with Gasteiger partial charge in [0.05, 0.1) is 13.0 Å². The molecule has 1 heterocycles. The van der Waals surface area contributed by atoms with Gasteiger partial charge in [-0.25, -0.2) is 0 Å². The zero-order chi connectivity index (χ0) is 15.9. The molecule has 1 aliphatic heterocycles. The van der Waals surface area contributed by atoms with Crippen molar-refractivity contribution in [2.24, 2.45) is 5.92 Å². The first kappa shape index (κ1) is 16.8. The molecule has 4 heteroatoms. The lowest BCUT2D eigenvalue weighted by molar-refractivity contribution is -0.144. The Morgan fingerprint density at radius 3 is 3.00 bits per heavy atom. The minimum Gasteiger partial charge on any atom is -0.497 e. The summed E-state index contributed by atoms with van der Waals surface area (Å²) in [5, 5.41) is 9.32. The van der Waals surface area contributed by atoms with Crippen LogP contribution in [-0.4, -0.2) is 36.2 Å². The second-order valence-corrected chi connectivity index (χ2v) is 6.11. The largest absolute Gasteiger partial charge is 0.497 e. The SMILES string of the molecule is CCCCC(c1cccc(OC)c1)N1CCCC(C(=O)O)C1. The molecule has 1 aromatic rings. The summed E-state index contributed by atoms with van der Waals surface area (Å²) in [4.78, 5) is 13.7. The molecule has 0 spiro atoms. The van der Waals surface area contributed by atoms with Crippen molar-refractivity contribution in [1.29, 1.82) is 0 Å². The van der Waals surface area contributed by atoms with E-state index in [1.807, 2.05) is 12.1 Å². The normalized spacial score (nSPS) is 20.5. The van der Waals surface area contributed by atoms with Crippen LogP contribution < -0.4 is 4.74 Å². The van der Waals surface area contributed by atoms with Gasteiger partial charge in [-0.1, -0.05) is 31.9 Å². The molecule has 4 nitrogen and oxygen atoms in total. The lowest BCUT2D eigenvalue weighted by Gasteiger charge is -2.37. The monoisotopic (exact) mass is 305 g/mol. The van der Waals surface area contributed by atoms with Crippen molar-refractivity contribution in [1.82, 2.24) is 4.90 Å². The summed E-state index contributed by atoms with van der Waals surface area (Å²) in [6.45, 7) is 3.83. The molecule has 1 fully saturated rings. The summed E-state index contributed by atoms with van der Waals surface area (Å²) in [6.07, 6.45) is 5.12. The van der Waals surface area contributed by atoms with E-state index in [0.29, 0.717) is 6.54 Å². The van der Waals surface area contributed by atoms with Crippen LogP contribution in [0, 0.1) is 5.92 Å². The molecule has 1 saturated heterocycles. The predicted molar refractivity (Wildman–Crippen MR) is 87.2 cm³/mol. The zero-order valence-corrected chi connectivity index (χ0v) is 13.6. The Bertz CT molecular complexity index is 489. The van der Waals surface area contributed by atoms with Gasteiger partial charge in [-0.15, -0.1) is 0 Å². The number of carbonyl (C=O) groups is 1. The van der Waals surface area contributed by atoms with Crippen LogP contribution in [0.5, 0.6) is 5.75 Å². The van der Waals surface area contributed by atoms with Crippen LogP contribution in [0.15, 0.2) is 24.3 Å². The van der Waals surface area contributed by atoms with Gasteiger partial charge in [-0.05, 0) is 43.5 Å². The number of rotatable bonds is 7. The maximum Gasteiger partial charge on any atom is 0.307 e. The van der Waals surface area contributed by atoms with Gasteiger partial charge in [0.25, 0.3) is 0 Å². The Kier molecular flexibility index (Phi) is 6.25. The molecule has 1 N–H and O–H groups in total. The fourth-order valence-electron chi connectivity index (χ4n) is 3.30. The van der Waals surface area contributed by atoms with Gasteiger partial charge in [0.15, 0.2) is 0 Å². The first-order chi connectivity index (χ1) is 10.7. The van der Waals surface area contributed by atoms with Crippen molar-refractivity contribution in [3.63, 3.8) is 0 Å². The van der Waals surface area contributed by atoms with Crippen molar-refractivity contribution in [2.75, 3.05) is 20.2 Å². The van der Waals surface area contributed by atoms with Gasteiger partial charge in [0.1, 0.15) is 5.75 Å². The second kappa shape index (κ2) is 8.18. The minimum absolute atomic E-state index is 0.233. The fourth-order valence-corrected chi connectivity index (χ4v) is 3.30. The summed E-state index contributed by atoms with van der Waals surface area (Å²) in [6, 6.07) is 8.48. The summed E-state index contributed by atoms with van der Waals surface area (Å²) < 4.78 is 5.34. The molecular weight excluding hydrogens is 278 g/mol. The molecule has 0 aliphatic carbocycles. The van der Waals surface area contributed by atoms with Crippen LogP contribution in [0.1, 0.15) is 50.6 Å². The summed E-state index contributed by atoms with van der Waals surface area (Å²) in [5.41, 5.74) is 1.24. The minimum atomic E-state index is -0.662. The molecule has 0 amide bonds. The smallest absolute Gasteiger partial charge is 0.307 e. The van der Waals surface area contributed by atoms with Gasteiger partial charge in [-0.3, -0.25) is 9.69 Å². The van der Waals surface area contributed by atoms with E-state index in [2.05, 4.69) is 24.0 Å². The average molecular weight is 305 g/mol. The van der Waals surface area contributed by atoms with Crippen molar-refractivity contribution < 1.29 is 14.6 Å². The number of likely N-dealkylation sites (tertiary alicyclic amines) is 1. The van der Waals surface area contributed by atoms with E-state index in [-0.39, 0.29) is 12.0 Å². The number of piperidine rings is 1. The van der Waals surface area contributed by atoms with E-state index in [4.69, 9.17) is 4.74 Å². The summed E-state index contributed by atoms with van der Waals surface area (Å²) >= 11 is 0. The first-order valence-electron chi connectivity index (χ1n) is 8.26. The molecule has 1 aliphatic rings. The third-order valence-electron chi connectivity index (χ3n) is 4.55. The third kappa shape index (κ3) is 4.23. The van der Waals surface area contributed by atoms with E-state index in [0.717, 1.165) is 44.4 Å². The Morgan fingerprint density at radius 2 is 2.32 bits per heavy atom. The van der Waals surface area contributed by atoms with Crippen LogP contribution in [0.25, 0.3) is 0 Å². The van der Waals surface area contributed by atoms with E-state index < -0.39 is 5.97 Å². The zero-order valence-electron chi connectivity index (χ0n) is 13.6. The molecule has 0 bridgehead atoms. The number of benzene rings is 1. The lowest BCUT2D eigenvalue weighted by Crippen LogP contribution is -2.40. The number of ether oxygens (including phenoxy) is 1. The number of unbranched alkanes of at least 4 members (excludes halogenated alkanes) is 1. The van der Waals surface area contributed by atoms with E-state index >= 15 is 0 Å². The molecule has 2 atom stereocenters. The van der Waals surface area contributed by atoms with Crippen molar-refractivity contribution in [3.05, 3.63) is 29.8 Å². The number of hydrogen-bond acceptors (Lipinski definition) is 3. The topological polar surface area (TPSA) is 49.8 Å². The van der Waals surface area contributed by atoms with Crippen LogP contribution in [0.2, 0.25) is 0 Å². The molecule has 22 heavy (non-hydrogen) atoms. The predicted octanol–water partition coefficient (Wildman–Crippen LogP) is 3.72. The molecule has 2 unspecified atom stereocenters. The van der Waals surface area contributed by atoms with E-state index in [1.165, 1.54) is 5.56 Å². The van der Waals surface area contributed by atoms with Crippen molar-refractivity contribution in [3.8, 4) is 5.75 Å². The fraction of sp³-hybridized carbons (Fsp3) is 0.611. The van der Waals surface area contributed by atoms with Crippen LogP contribution in [0.3, 0.4) is 0 Å². The van der Waals surface area contributed by atoms with Gasteiger partial charge < -0.3 is 9.84 Å². The number of methoxy groups -OCH3 is 1. The average Bonchev–Trinajstić information content (AvgIpc) is 2.55. The van der Waals surface area contributed by atoms with Crippen molar-refractivity contribution >= 4 is 5.97 Å². The van der Waals surface area contributed by atoms with E-state index in [1.54, 1.807) is 7.11 Å². The maximum atomic E-state index is 11.3. The van der Waals surface area contributed by atoms with Crippen LogP contribution >= 0.6 is 0 Å². The Hall–Kier alpha value is -1.55. The van der Waals surface area contributed by atoms with Crippen molar-refractivity contribution in [2.45, 2.75) is 45.1 Å². The Labute approximate surface area is 133 Å². The number of carboxylic acids is 1. The molecule has 0 radical (unpaired) electrons. The second-order valence-electron chi connectivity index (χ2n) is 6.11. The Balaban J connectivity index is 2.19. The quantitative estimate of drug-likeness (QED) is 0.834. The highest BCUT2D eigenvalue weighted by Gasteiger charge is 2.30. The first-order valence-corrected chi connectivity index (χ1v) is 8.26. The highest BCUT2D eigenvalue weighted by Crippen LogP contribution is 2.32. The molecule has 122 valence electrons. The highest BCUT2D eigenvalue weighted by atomic mass is 16.5. The summed E-state index contributed by atoms with van der Waals surface area (Å²) in [5.74, 6) is -0.0288. The number of nitrogens with zero attached hydrogens (tertiary/aromatic N) is 1. The standard InChI is InChI=1S/C18H27NO3/c1-3-4-10-17(14-7-5-9-16(12-14)22-2)19-11-6-8-15(13-19)18(20)21/h5,7,9,12,15,17H,3-4,6,8,10-11,13H2,1-2H3,(H,20,21). The Morgan fingerprint density at radius 1 is 1.50 bits per heavy atom.